The summed E-state index contributed by atoms with van der Waals surface area (Å²) in [7, 11) is 1.12. The van der Waals surface area contributed by atoms with Gasteiger partial charge in [-0.1, -0.05) is 0 Å². The van der Waals surface area contributed by atoms with Gasteiger partial charge in [0.15, 0.2) is 6.23 Å². The van der Waals surface area contributed by atoms with E-state index in [1.165, 1.54) is 6.92 Å². The van der Waals surface area contributed by atoms with Crippen molar-refractivity contribution >= 4 is 6.03 Å². The summed E-state index contributed by atoms with van der Waals surface area (Å²) in [6, 6.07) is -0.889. The average molecular weight is 249 g/mol. The van der Waals surface area contributed by atoms with Crippen LogP contribution in [0, 0.1) is 4.91 Å². The molecular formula is C8H15N3O6. The van der Waals surface area contributed by atoms with Gasteiger partial charge < -0.3 is 25.4 Å². The van der Waals surface area contributed by atoms with Crippen LogP contribution >= 0.6 is 0 Å². The molecule has 0 spiro atoms. The monoisotopic (exact) mass is 249 g/mol. The summed E-state index contributed by atoms with van der Waals surface area (Å²) < 4.78 is 5.08. The maximum absolute atomic E-state index is 11.3. The van der Waals surface area contributed by atoms with Gasteiger partial charge in [0.1, 0.15) is 18.3 Å². The van der Waals surface area contributed by atoms with Crippen LogP contribution in [0.5, 0.6) is 0 Å². The van der Waals surface area contributed by atoms with E-state index >= 15 is 0 Å². The van der Waals surface area contributed by atoms with Gasteiger partial charge in [-0.25, -0.2) is 4.79 Å². The highest BCUT2D eigenvalue weighted by Gasteiger charge is 2.42. The Morgan fingerprint density at radius 2 is 1.88 bits per heavy atom. The van der Waals surface area contributed by atoms with Crippen molar-refractivity contribution in [2.45, 2.75) is 37.6 Å². The Kier molecular flexibility index (Phi) is 4.34. The molecule has 1 heterocycles. The molecule has 1 saturated heterocycles. The molecule has 9 heteroatoms. The first-order valence-electron chi connectivity index (χ1n) is 4.95. The molecule has 17 heavy (non-hydrogen) atoms. The molecule has 0 aromatic heterocycles. The zero-order valence-electron chi connectivity index (χ0n) is 9.35. The zero-order chi connectivity index (χ0) is 13.2. The van der Waals surface area contributed by atoms with Gasteiger partial charge in [0.2, 0.25) is 0 Å². The number of aliphatic hydroxyl groups excluding tert-OH is 3. The largest absolute Gasteiger partial charge is 0.388 e. The lowest BCUT2D eigenvalue weighted by atomic mass is 9.99. The number of carbonyl (C=O) groups excluding carboxylic acids is 1. The first-order valence-corrected chi connectivity index (χ1v) is 4.95. The van der Waals surface area contributed by atoms with Crippen molar-refractivity contribution in [3.63, 3.8) is 0 Å². The Morgan fingerprint density at radius 3 is 2.41 bits per heavy atom. The first-order chi connectivity index (χ1) is 7.88. The fraction of sp³-hybridized carbons (Fsp3) is 0.875. The Balaban J connectivity index is 2.65. The van der Waals surface area contributed by atoms with Crippen LogP contribution in [0.3, 0.4) is 0 Å². The number of aliphatic hydroxyl groups is 3. The van der Waals surface area contributed by atoms with E-state index in [-0.39, 0.29) is 0 Å². The van der Waals surface area contributed by atoms with Crippen molar-refractivity contribution in [2.75, 3.05) is 7.05 Å². The van der Waals surface area contributed by atoms with Crippen LogP contribution in [0.2, 0.25) is 0 Å². The van der Waals surface area contributed by atoms with Crippen molar-refractivity contribution in [3.05, 3.63) is 4.91 Å². The standard InChI is InChI=1S/C8H15N3O6/c1-3-4(12)5(13)6(14)7(17-3)9-8(15)11(2)10-16/h3-7,12-14H,1-2H3,(H,9,15)/t3-,4-,5+,6-,7-/m1/s1. The lowest BCUT2D eigenvalue weighted by molar-refractivity contribution is -0.221. The minimum atomic E-state index is -1.50. The van der Waals surface area contributed by atoms with Crippen LogP contribution in [0.15, 0.2) is 5.29 Å². The second-order valence-electron chi connectivity index (χ2n) is 3.79. The molecule has 0 radical (unpaired) electrons. The van der Waals surface area contributed by atoms with Crippen LogP contribution in [0.1, 0.15) is 6.92 Å². The highest BCUT2D eigenvalue weighted by molar-refractivity contribution is 5.73. The number of ether oxygens (including phenoxy) is 1. The van der Waals surface area contributed by atoms with E-state index in [0.29, 0.717) is 5.01 Å². The van der Waals surface area contributed by atoms with Gasteiger partial charge in [0.05, 0.1) is 11.4 Å². The van der Waals surface area contributed by atoms with Crippen molar-refractivity contribution < 1.29 is 24.9 Å². The van der Waals surface area contributed by atoms with E-state index in [4.69, 9.17) is 4.74 Å². The number of nitroso groups, excluding NO2 is 1. The lowest BCUT2D eigenvalue weighted by Gasteiger charge is -2.39. The molecule has 0 bridgehead atoms. The van der Waals surface area contributed by atoms with E-state index in [9.17, 15) is 25.0 Å². The summed E-state index contributed by atoms with van der Waals surface area (Å²) in [5, 5.41) is 33.4. The number of urea groups is 1. The van der Waals surface area contributed by atoms with E-state index in [1.807, 2.05) is 0 Å². The molecule has 0 aromatic carbocycles. The minimum absolute atomic E-state index is 0.470. The highest BCUT2D eigenvalue weighted by Crippen LogP contribution is 2.19. The lowest BCUT2D eigenvalue weighted by Crippen LogP contribution is -2.62. The third-order valence-corrected chi connectivity index (χ3v) is 2.53. The molecule has 4 N–H and O–H groups in total. The number of amides is 2. The van der Waals surface area contributed by atoms with Crippen LogP contribution in [-0.2, 0) is 4.74 Å². The number of hydrogen-bond acceptors (Lipinski definition) is 7. The Hall–Kier alpha value is -1.29. The van der Waals surface area contributed by atoms with Crippen molar-refractivity contribution in [3.8, 4) is 0 Å². The van der Waals surface area contributed by atoms with E-state index in [2.05, 4.69) is 10.6 Å². The second kappa shape index (κ2) is 5.36. The van der Waals surface area contributed by atoms with Gasteiger partial charge in [0.25, 0.3) is 0 Å². The van der Waals surface area contributed by atoms with Crippen LogP contribution < -0.4 is 5.32 Å². The highest BCUT2D eigenvalue weighted by atomic mass is 16.5. The Labute approximate surface area is 96.9 Å². The molecule has 1 fully saturated rings. The maximum atomic E-state index is 11.3. The number of rotatable bonds is 2. The molecule has 1 rings (SSSR count). The van der Waals surface area contributed by atoms with Crippen LogP contribution in [0.25, 0.3) is 0 Å². The fourth-order valence-corrected chi connectivity index (χ4v) is 1.42. The number of nitrogens with one attached hydrogen (secondary N) is 1. The Bertz CT molecular complexity index is 301. The molecular weight excluding hydrogens is 234 g/mol. The summed E-state index contributed by atoms with van der Waals surface area (Å²) in [5.41, 5.74) is 0. The summed E-state index contributed by atoms with van der Waals surface area (Å²) >= 11 is 0. The average Bonchev–Trinajstić information content (AvgIpc) is 2.32. The SMILES string of the molecule is C[C@H]1O[C@@H](NC(=O)N(C)N=O)[C@H](O)[C@@H](O)[C@@H]1O. The third-order valence-electron chi connectivity index (χ3n) is 2.53. The summed E-state index contributed by atoms with van der Waals surface area (Å²) in [6.45, 7) is 1.47. The zero-order valence-corrected chi connectivity index (χ0v) is 9.35. The number of nitrogens with zero attached hydrogens (tertiary/aromatic N) is 2. The molecule has 9 nitrogen and oxygen atoms in total. The molecule has 98 valence electrons. The molecule has 0 unspecified atom stereocenters. The van der Waals surface area contributed by atoms with Gasteiger partial charge >= 0.3 is 6.03 Å². The van der Waals surface area contributed by atoms with Gasteiger partial charge in [-0.15, -0.1) is 4.91 Å². The van der Waals surface area contributed by atoms with E-state index in [0.717, 1.165) is 7.05 Å². The maximum Gasteiger partial charge on any atom is 0.342 e. The normalized spacial score (nSPS) is 37.4. The molecule has 5 atom stereocenters. The van der Waals surface area contributed by atoms with E-state index < -0.39 is 36.7 Å². The fourth-order valence-electron chi connectivity index (χ4n) is 1.42. The van der Waals surface area contributed by atoms with E-state index in [1.54, 1.807) is 0 Å². The topological polar surface area (TPSA) is 132 Å². The quantitative estimate of drug-likeness (QED) is 0.335. The second-order valence-corrected chi connectivity index (χ2v) is 3.79. The molecule has 0 aliphatic carbocycles. The molecule has 0 aromatic rings. The molecule has 1 aliphatic rings. The Morgan fingerprint density at radius 1 is 1.29 bits per heavy atom. The van der Waals surface area contributed by atoms with Gasteiger partial charge in [0, 0.05) is 7.05 Å². The van der Waals surface area contributed by atoms with Gasteiger partial charge in [-0.2, -0.15) is 5.01 Å². The predicted octanol–water partition coefficient (Wildman–Crippen LogP) is -1.86. The summed E-state index contributed by atoms with van der Waals surface area (Å²) in [4.78, 5) is 21.3. The summed E-state index contributed by atoms with van der Waals surface area (Å²) in [5.74, 6) is 0. The predicted molar refractivity (Wildman–Crippen MR) is 54.4 cm³/mol. The third kappa shape index (κ3) is 2.88. The van der Waals surface area contributed by atoms with Crippen LogP contribution in [-0.4, -0.2) is 64.1 Å². The van der Waals surface area contributed by atoms with Crippen molar-refractivity contribution in [1.29, 1.82) is 0 Å². The smallest absolute Gasteiger partial charge is 0.342 e. The molecule has 2 amide bonds. The van der Waals surface area contributed by atoms with Gasteiger partial charge in [-0.3, -0.25) is 0 Å². The molecule has 0 saturated carbocycles. The van der Waals surface area contributed by atoms with Gasteiger partial charge in [-0.05, 0) is 6.92 Å². The van der Waals surface area contributed by atoms with Crippen molar-refractivity contribution in [1.82, 2.24) is 10.3 Å². The number of carbonyl (C=O) groups is 1. The minimum Gasteiger partial charge on any atom is -0.388 e. The summed E-state index contributed by atoms with van der Waals surface area (Å²) in [6.07, 6.45) is -6.18. The number of hydrogen-bond donors (Lipinski definition) is 4. The van der Waals surface area contributed by atoms with Crippen LogP contribution in [0.4, 0.5) is 4.79 Å². The molecule has 1 aliphatic heterocycles. The van der Waals surface area contributed by atoms with Crippen molar-refractivity contribution in [2.24, 2.45) is 5.29 Å². The first kappa shape index (κ1) is 13.8.